The highest BCUT2D eigenvalue weighted by Gasteiger charge is 2.51. The first-order chi connectivity index (χ1) is 18.2. The lowest BCUT2D eigenvalue weighted by Crippen LogP contribution is -2.38. The van der Waals surface area contributed by atoms with Crippen molar-refractivity contribution in [2.24, 2.45) is 23.2 Å². The van der Waals surface area contributed by atoms with E-state index in [1.165, 1.54) is 4.52 Å². The molecule has 3 aliphatic rings. The summed E-state index contributed by atoms with van der Waals surface area (Å²) in [4.78, 5) is 30.0. The largest absolute Gasteiger partial charge is 0.389 e. The fourth-order valence-electron chi connectivity index (χ4n) is 5.63. The minimum atomic E-state index is -4.41. The van der Waals surface area contributed by atoms with Gasteiger partial charge in [0.15, 0.2) is 5.65 Å². The number of fused-ring (bicyclic) bond motifs is 1. The lowest BCUT2D eigenvalue weighted by atomic mass is 9.81. The topological polar surface area (TPSA) is 88.4 Å². The van der Waals surface area contributed by atoms with Crippen LogP contribution in [0.4, 0.5) is 22.0 Å². The van der Waals surface area contributed by atoms with Gasteiger partial charge in [-0.05, 0) is 61.0 Å². The van der Waals surface area contributed by atoms with Crippen LogP contribution in [0.5, 0.6) is 0 Å². The molecule has 3 fully saturated rings. The first-order valence-corrected chi connectivity index (χ1v) is 13.6. The highest BCUT2D eigenvalue weighted by molar-refractivity contribution is 5.82. The quantitative estimate of drug-likeness (QED) is 0.391. The minimum absolute atomic E-state index is 0.0913. The van der Waals surface area contributed by atoms with Crippen LogP contribution in [0.15, 0.2) is 18.5 Å². The van der Waals surface area contributed by atoms with Crippen molar-refractivity contribution < 1.29 is 31.5 Å². The second-order valence-electron chi connectivity index (χ2n) is 12.2. The van der Waals surface area contributed by atoms with Crippen LogP contribution >= 0.6 is 0 Å². The van der Waals surface area contributed by atoms with Crippen molar-refractivity contribution in [2.75, 3.05) is 0 Å². The Bertz CT molecular complexity index is 1230. The number of halogens is 5. The average Bonchev–Trinajstić information content (AvgIpc) is 3.75. The van der Waals surface area contributed by atoms with E-state index < -0.39 is 42.9 Å². The number of hydrogen-bond acceptors (Lipinski definition) is 4. The van der Waals surface area contributed by atoms with Crippen molar-refractivity contribution in [1.29, 1.82) is 0 Å². The maximum atomic E-state index is 13.9. The highest BCUT2D eigenvalue weighted by Crippen LogP contribution is 2.52. The average molecular weight is 556 g/mol. The molecule has 39 heavy (non-hydrogen) atoms. The van der Waals surface area contributed by atoms with E-state index in [1.807, 2.05) is 13.8 Å². The number of hydrogen-bond donors (Lipinski definition) is 2. The summed E-state index contributed by atoms with van der Waals surface area (Å²) in [7, 11) is 0. The molecule has 5 rings (SSSR count). The molecule has 214 valence electrons. The Balaban J connectivity index is 1.37. The molecule has 2 amide bonds. The van der Waals surface area contributed by atoms with Crippen LogP contribution in [0.25, 0.3) is 5.65 Å². The molecule has 2 N–H and O–H groups in total. The van der Waals surface area contributed by atoms with Gasteiger partial charge in [0.25, 0.3) is 0 Å². The summed E-state index contributed by atoms with van der Waals surface area (Å²) in [5, 5.41) is 10.2. The van der Waals surface area contributed by atoms with E-state index in [4.69, 9.17) is 4.98 Å². The zero-order valence-electron chi connectivity index (χ0n) is 22.0. The number of aromatic nitrogens is 3. The molecule has 0 radical (unpaired) electrons. The Labute approximate surface area is 223 Å². The second-order valence-corrected chi connectivity index (χ2v) is 12.2. The highest BCUT2D eigenvalue weighted by atomic mass is 19.4. The molecule has 2 aromatic heterocycles. The summed E-state index contributed by atoms with van der Waals surface area (Å²) in [6.07, 6.45) is -0.521. The van der Waals surface area contributed by atoms with E-state index in [1.54, 1.807) is 18.5 Å². The van der Waals surface area contributed by atoms with E-state index in [-0.39, 0.29) is 54.8 Å². The summed E-state index contributed by atoms with van der Waals surface area (Å²) >= 11 is 0. The molecular weight excluding hydrogens is 521 g/mol. The Morgan fingerprint density at radius 3 is 2.31 bits per heavy atom. The van der Waals surface area contributed by atoms with Gasteiger partial charge in [-0.2, -0.15) is 18.3 Å². The molecule has 3 aliphatic carbocycles. The normalized spacial score (nSPS) is 24.2. The lowest BCUT2D eigenvalue weighted by molar-refractivity contribution is -0.144. The van der Waals surface area contributed by atoms with Crippen LogP contribution in [-0.2, 0) is 9.59 Å². The van der Waals surface area contributed by atoms with Crippen LogP contribution in [0, 0.1) is 23.2 Å². The molecule has 1 unspecified atom stereocenters. The number of rotatable bonds is 9. The van der Waals surface area contributed by atoms with Crippen LogP contribution in [0.3, 0.4) is 0 Å². The van der Waals surface area contributed by atoms with E-state index in [0.29, 0.717) is 16.9 Å². The molecular formula is C27H34F5N5O2. The maximum Gasteiger partial charge on any atom is 0.389 e. The third-order valence-corrected chi connectivity index (χ3v) is 8.44. The molecule has 0 aromatic carbocycles. The molecule has 0 bridgehead atoms. The first kappa shape index (κ1) is 27.8. The third-order valence-electron chi connectivity index (χ3n) is 8.44. The molecule has 0 saturated heterocycles. The molecule has 2 heterocycles. The number of nitrogens with one attached hydrogen (secondary N) is 2. The van der Waals surface area contributed by atoms with Crippen molar-refractivity contribution in [1.82, 2.24) is 25.2 Å². The van der Waals surface area contributed by atoms with Gasteiger partial charge < -0.3 is 10.6 Å². The number of amides is 2. The van der Waals surface area contributed by atoms with Gasteiger partial charge in [0.05, 0.1) is 36.6 Å². The van der Waals surface area contributed by atoms with Gasteiger partial charge in [-0.1, -0.05) is 13.8 Å². The zero-order valence-corrected chi connectivity index (χ0v) is 22.0. The molecule has 7 nitrogen and oxygen atoms in total. The van der Waals surface area contributed by atoms with E-state index >= 15 is 0 Å². The maximum absolute atomic E-state index is 13.9. The van der Waals surface area contributed by atoms with Crippen molar-refractivity contribution >= 4 is 17.5 Å². The fraction of sp³-hybridized carbons (Fsp3) is 0.704. The van der Waals surface area contributed by atoms with E-state index in [9.17, 15) is 31.5 Å². The van der Waals surface area contributed by atoms with Gasteiger partial charge in [-0.3, -0.25) is 9.59 Å². The van der Waals surface area contributed by atoms with E-state index in [2.05, 4.69) is 15.7 Å². The van der Waals surface area contributed by atoms with Gasteiger partial charge in [0.2, 0.25) is 17.7 Å². The van der Waals surface area contributed by atoms with Crippen LogP contribution < -0.4 is 10.6 Å². The van der Waals surface area contributed by atoms with Crippen molar-refractivity contribution in [3.05, 3.63) is 29.7 Å². The minimum Gasteiger partial charge on any atom is -0.349 e. The Kier molecular flexibility index (Phi) is 7.12. The predicted molar refractivity (Wildman–Crippen MR) is 132 cm³/mol. The Morgan fingerprint density at radius 2 is 1.72 bits per heavy atom. The first-order valence-electron chi connectivity index (χ1n) is 13.6. The molecule has 3 atom stereocenters. The molecule has 3 saturated carbocycles. The van der Waals surface area contributed by atoms with Crippen molar-refractivity contribution in [3.8, 4) is 0 Å². The second kappa shape index (κ2) is 9.99. The van der Waals surface area contributed by atoms with Gasteiger partial charge in [0.1, 0.15) is 0 Å². The predicted octanol–water partition coefficient (Wildman–Crippen LogP) is 5.67. The number of nitrogens with zero attached hydrogens (tertiary/aromatic N) is 3. The summed E-state index contributed by atoms with van der Waals surface area (Å²) < 4.78 is 67.0. The van der Waals surface area contributed by atoms with Crippen LogP contribution in [-0.4, -0.2) is 38.5 Å². The molecule has 0 spiro atoms. The standard InChI is InChI=1S/C27H34F5N5O2/c1-25(2)12-18(25)24(39)36-23(16-5-8-26(28,29)9-6-16)19-14-37-20(34-19)11-17(13-33-37)22(15-3-4-15)35-21(38)7-10-27(30,31)32/h11,13-16,18,22-23H,3-10,12H2,1-2H3,(H,35,38)(H,36,39)/t18?,22-,23+/m1/s1. The monoisotopic (exact) mass is 555 g/mol. The Morgan fingerprint density at radius 1 is 1.08 bits per heavy atom. The molecule has 12 heteroatoms. The Hall–Kier alpha value is -2.79. The third kappa shape index (κ3) is 6.69. The van der Waals surface area contributed by atoms with Crippen LogP contribution in [0.1, 0.15) is 95.0 Å². The van der Waals surface area contributed by atoms with Crippen LogP contribution in [0.2, 0.25) is 0 Å². The summed E-state index contributed by atoms with van der Waals surface area (Å²) in [6.45, 7) is 4.03. The van der Waals surface area contributed by atoms with Gasteiger partial charge in [0, 0.05) is 25.2 Å². The summed E-state index contributed by atoms with van der Waals surface area (Å²) in [5.41, 5.74) is 1.52. The molecule has 0 aliphatic heterocycles. The van der Waals surface area contributed by atoms with Crippen molar-refractivity contribution in [3.63, 3.8) is 0 Å². The smallest absolute Gasteiger partial charge is 0.349 e. The van der Waals surface area contributed by atoms with Gasteiger partial charge >= 0.3 is 6.18 Å². The lowest BCUT2D eigenvalue weighted by Gasteiger charge is -2.33. The van der Waals surface area contributed by atoms with Gasteiger partial charge in [-0.15, -0.1) is 0 Å². The van der Waals surface area contributed by atoms with Gasteiger partial charge in [-0.25, -0.2) is 18.3 Å². The number of alkyl halides is 5. The SMILES string of the molecule is CC1(C)CC1C(=O)N[C@H](c1cn2ncc([C@H](NC(=O)CCC(F)(F)F)C3CC3)cc2n1)C1CCC(F)(F)CC1. The van der Waals surface area contributed by atoms with Crippen molar-refractivity contribution in [2.45, 2.75) is 95.8 Å². The summed E-state index contributed by atoms with van der Waals surface area (Å²) in [5.74, 6) is -3.71. The zero-order chi connectivity index (χ0) is 28.2. The summed E-state index contributed by atoms with van der Waals surface area (Å²) in [6, 6.07) is 0.717. The fourth-order valence-corrected chi connectivity index (χ4v) is 5.63. The number of imidazole rings is 1. The number of carbonyl (C=O) groups excluding carboxylic acids is 2. The molecule has 2 aromatic rings. The van der Waals surface area contributed by atoms with E-state index in [0.717, 1.165) is 19.3 Å². The number of carbonyl (C=O) groups is 2.